The van der Waals surface area contributed by atoms with Gasteiger partial charge in [-0.2, -0.15) is 0 Å². The molecular formula is C14H21N3O. The molecule has 4 nitrogen and oxygen atoms in total. The summed E-state index contributed by atoms with van der Waals surface area (Å²) in [5, 5.41) is 3.12. The van der Waals surface area contributed by atoms with Crippen molar-refractivity contribution in [3.05, 3.63) is 24.0 Å². The highest BCUT2D eigenvalue weighted by Crippen LogP contribution is 2.33. The lowest BCUT2D eigenvalue weighted by Gasteiger charge is -2.24. The van der Waals surface area contributed by atoms with Crippen LogP contribution in [0.4, 0.5) is 0 Å². The van der Waals surface area contributed by atoms with Gasteiger partial charge in [-0.15, -0.1) is 0 Å². The van der Waals surface area contributed by atoms with Crippen molar-refractivity contribution in [1.82, 2.24) is 15.2 Å². The van der Waals surface area contributed by atoms with Gasteiger partial charge in [0.2, 0.25) is 5.91 Å². The quantitative estimate of drug-likeness (QED) is 0.852. The highest BCUT2D eigenvalue weighted by molar-refractivity contribution is 5.82. The Kier molecular flexibility index (Phi) is 3.12. The number of likely N-dealkylation sites (tertiary alicyclic amines) is 1. The Balaban J connectivity index is 1.60. The number of hydrogen-bond donors (Lipinski definition) is 2. The van der Waals surface area contributed by atoms with Crippen LogP contribution in [0.25, 0.3) is 0 Å². The molecule has 18 heavy (non-hydrogen) atoms. The molecule has 98 valence electrons. The predicted octanol–water partition coefficient (Wildman–Crippen LogP) is 1.82. The first-order valence-electron chi connectivity index (χ1n) is 6.95. The molecular weight excluding hydrogens is 226 g/mol. The van der Waals surface area contributed by atoms with Crippen LogP contribution in [0.3, 0.4) is 0 Å². The molecule has 2 unspecified atom stereocenters. The first-order chi connectivity index (χ1) is 8.75. The summed E-state index contributed by atoms with van der Waals surface area (Å²) in [5.41, 5.74) is 1.07. The van der Waals surface area contributed by atoms with Crippen LogP contribution in [0.2, 0.25) is 0 Å². The molecule has 1 aliphatic heterocycles. The summed E-state index contributed by atoms with van der Waals surface area (Å²) in [4.78, 5) is 17.9. The average molecular weight is 247 g/mol. The highest BCUT2D eigenvalue weighted by atomic mass is 16.2. The van der Waals surface area contributed by atoms with Gasteiger partial charge in [-0.3, -0.25) is 9.69 Å². The molecule has 1 saturated heterocycles. The molecule has 2 heterocycles. The van der Waals surface area contributed by atoms with E-state index in [0.29, 0.717) is 6.04 Å². The maximum atomic E-state index is 12.3. The van der Waals surface area contributed by atoms with E-state index in [1.54, 1.807) is 0 Å². The SMILES string of the molecule is CC(NC(=O)C1CCCN1C1CC1)c1ccc[nH]1. The van der Waals surface area contributed by atoms with E-state index in [4.69, 9.17) is 0 Å². The molecule has 2 N–H and O–H groups in total. The fraction of sp³-hybridized carbons (Fsp3) is 0.643. The molecule has 0 radical (unpaired) electrons. The van der Waals surface area contributed by atoms with Gasteiger partial charge >= 0.3 is 0 Å². The number of aromatic nitrogens is 1. The fourth-order valence-corrected chi connectivity index (χ4v) is 2.91. The second-order valence-electron chi connectivity index (χ2n) is 5.48. The van der Waals surface area contributed by atoms with Gasteiger partial charge in [0.15, 0.2) is 0 Å². The monoisotopic (exact) mass is 247 g/mol. The van der Waals surface area contributed by atoms with Gasteiger partial charge in [-0.05, 0) is 51.3 Å². The largest absolute Gasteiger partial charge is 0.363 e. The molecule has 4 heteroatoms. The molecule has 3 rings (SSSR count). The van der Waals surface area contributed by atoms with Crippen LogP contribution < -0.4 is 5.32 Å². The number of amides is 1. The maximum absolute atomic E-state index is 12.3. The lowest BCUT2D eigenvalue weighted by atomic mass is 10.1. The Morgan fingerprint density at radius 2 is 2.33 bits per heavy atom. The van der Waals surface area contributed by atoms with E-state index in [1.165, 1.54) is 12.8 Å². The van der Waals surface area contributed by atoms with Crippen LogP contribution in [-0.2, 0) is 4.79 Å². The number of hydrogen-bond acceptors (Lipinski definition) is 2. The number of carbonyl (C=O) groups is 1. The molecule has 1 aromatic heterocycles. The van der Waals surface area contributed by atoms with E-state index in [-0.39, 0.29) is 18.0 Å². The fourth-order valence-electron chi connectivity index (χ4n) is 2.91. The van der Waals surface area contributed by atoms with E-state index in [2.05, 4.69) is 15.2 Å². The van der Waals surface area contributed by atoms with Gasteiger partial charge in [0.1, 0.15) is 0 Å². The predicted molar refractivity (Wildman–Crippen MR) is 70.1 cm³/mol. The Morgan fingerprint density at radius 1 is 1.50 bits per heavy atom. The summed E-state index contributed by atoms with van der Waals surface area (Å²) in [5.74, 6) is 0.196. The van der Waals surface area contributed by atoms with Crippen molar-refractivity contribution in [2.24, 2.45) is 0 Å². The van der Waals surface area contributed by atoms with Crippen LogP contribution in [0, 0.1) is 0 Å². The Labute approximate surface area is 108 Å². The molecule has 0 spiro atoms. The second-order valence-corrected chi connectivity index (χ2v) is 5.48. The van der Waals surface area contributed by atoms with Gasteiger partial charge in [0, 0.05) is 17.9 Å². The van der Waals surface area contributed by atoms with Crippen molar-refractivity contribution in [2.75, 3.05) is 6.54 Å². The minimum Gasteiger partial charge on any atom is -0.363 e. The van der Waals surface area contributed by atoms with E-state index in [0.717, 1.165) is 25.1 Å². The van der Waals surface area contributed by atoms with Gasteiger partial charge in [-0.1, -0.05) is 0 Å². The van der Waals surface area contributed by atoms with Gasteiger partial charge in [-0.25, -0.2) is 0 Å². The topological polar surface area (TPSA) is 48.1 Å². The third-order valence-electron chi connectivity index (χ3n) is 4.06. The van der Waals surface area contributed by atoms with E-state index in [9.17, 15) is 4.79 Å². The Hall–Kier alpha value is -1.29. The highest BCUT2D eigenvalue weighted by Gasteiger charge is 2.40. The number of aromatic amines is 1. The van der Waals surface area contributed by atoms with Crippen molar-refractivity contribution in [3.8, 4) is 0 Å². The minimum absolute atomic E-state index is 0.0640. The van der Waals surface area contributed by atoms with Crippen LogP contribution >= 0.6 is 0 Å². The van der Waals surface area contributed by atoms with Crippen molar-refractivity contribution in [1.29, 1.82) is 0 Å². The molecule has 2 atom stereocenters. The first kappa shape index (κ1) is 11.8. The van der Waals surface area contributed by atoms with E-state index in [1.807, 2.05) is 25.3 Å². The normalized spacial score (nSPS) is 26.2. The van der Waals surface area contributed by atoms with Crippen molar-refractivity contribution in [2.45, 2.75) is 50.7 Å². The average Bonchev–Trinajstić information content (AvgIpc) is 2.90. The molecule has 2 aliphatic rings. The zero-order valence-corrected chi connectivity index (χ0v) is 10.9. The van der Waals surface area contributed by atoms with Gasteiger partial charge in [0.25, 0.3) is 0 Å². The number of H-pyrrole nitrogens is 1. The summed E-state index contributed by atoms with van der Waals surface area (Å²) >= 11 is 0. The van der Waals surface area contributed by atoms with E-state index >= 15 is 0 Å². The van der Waals surface area contributed by atoms with Crippen molar-refractivity contribution >= 4 is 5.91 Å². The third kappa shape index (κ3) is 2.29. The molecule has 1 saturated carbocycles. The summed E-state index contributed by atoms with van der Waals surface area (Å²) in [6.07, 6.45) is 6.61. The standard InChI is InChI=1S/C14H21N3O/c1-10(12-4-2-8-15-12)16-14(18)13-5-3-9-17(13)11-6-7-11/h2,4,8,10-11,13,15H,3,5-7,9H2,1H3,(H,16,18). The van der Waals surface area contributed by atoms with Gasteiger partial charge < -0.3 is 10.3 Å². The van der Waals surface area contributed by atoms with Crippen LogP contribution in [-0.4, -0.2) is 34.4 Å². The number of nitrogens with zero attached hydrogens (tertiary/aromatic N) is 1. The van der Waals surface area contributed by atoms with Crippen molar-refractivity contribution < 1.29 is 4.79 Å². The summed E-state index contributed by atoms with van der Waals surface area (Å²) in [7, 11) is 0. The van der Waals surface area contributed by atoms with Crippen molar-refractivity contribution in [3.63, 3.8) is 0 Å². The molecule has 0 aromatic carbocycles. The molecule has 0 bridgehead atoms. The number of rotatable bonds is 4. The summed E-state index contributed by atoms with van der Waals surface area (Å²) in [6.45, 7) is 3.12. The van der Waals surface area contributed by atoms with Gasteiger partial charge in [0.05, 0.1) is 12.1 Å². The molecule has 2 fully saturated rings. The Bertz CT molecular complexity index is 411. The van der Waals surface area contributed by atoms with Crippen LogP contribution in [0.15, 0.2) is 18.3 Å². The van der Waals surface area contributed by atoms with Crippen LogP contribution in [0.1, 0.15) is 44.3 Å². The number of carbonyl (C=O) groups excluding carboxylic acids is 1. The molecule has 1 amide bonds. The summed E-state index contributed by atoms with van der Waals surface area (Å²) < 4.78 is 0. The zero-order valence-electron chi connectivity index (χ0n) is 10.9. The third-order valence-corrected chi connectivity index (χ3v) is 4.06. The maximum Gasteiger partial charge on any atom is 0.237 e. The summed E-state index contributed by atoms with van der Waals surface area (Å²) in [6, 6.07) is 4.83. The number of nitrogens with one attached hydrogen (secondary N) is 2. The lowest BCUT2D eigenvalue weighted by Crippen LogP contribution is -2.44. The Morgan fingerprint density at radius 3 is 3.00 bits per heavy atom. The van der Waals surface area contributed by atoms with E-state index < -0.39 is 0 Å². The first-order valence-corrected chi connectivity index (χ1v) is 6.95. The second kappa shape index (κ2) is 4.76. The lowest BCUT2D eigenvalue weighted by molar-refractivity contribution is -0.126. The smallest absolute Gasteiger partial charge is 0.237 e. The zero-order chi connectivity index (χ0) is 12.5. The minimum atomic E-state index is 0.0640. The molecule has 1 aromatic rings. The van der Waals surface area contributed by atoms with Crippen LogP contribution in [0.5, 0.6) is 0 Å². The molecule has 1 aliphatic carbocycles.